The van der Waals surface area contributed by atoms with Crippen molar-refractivity contribution in [1.82, 2.24) is 5.32 Å². The fourth-order valence-electron chi connectivity index (χ4n) is 9.32. The number of aliphatic hydroxyl groups excluding tert-OH is 8. The fourth-order valence-corrected chi connectivity index (χ4v) is 9.32. The number of aliphatic hydroxyl groups is 8. The lowest BCUT2D eigenvalue weighted by Gasteiger charge is -2.46. The normalized spacial score (nSPS) is 25.8. The van der Waals surface area contributed by atoms with E-state index in [9.17, 15) is 45.6 Å². The maximum Gasteiger partial charge on any atom is 0.220 e. The third kappa shape index (κ3) is 30.9. The minimum absolute atomic E-state index is 0.219. The van der Waals surface area contributed by atoms with Crippen molar-refractivity contribution in [2.45, 2.75) is 286 Å². The van der Waals surface area contributed by atoms with Crippen LogP contribution in [0.15, 0.2) is 60.8 Å². The number of ether oxygens (including phenoxy) is 4. The Bertz CT molecular complexity index is 1450. The van der Waals surface area contributed by atoms with Gasteiger partial charge in [0, 0.05) is 6.42 Å². The van der Waals surface area contributed by atoms with E-state index in [-0.39, 0.29) is 18.9 Å². The van der Waals surface area contributed by atoms with Crippen molar-refractivity contribution < 1.29 is 64.6 Å². The molecule has 0 aromatic heterocycles. The highest BCUT2D eigenvalue weighted by Gasteiger charge is 2.51. The lowest BCUT2D eigenvalue weighted by molar-refractivity contribution is -0.359. The first-order valence-electron chi connectivity index (χ1n) is 29.0. The molecule has 14 heteroatoms. The highest BCUT2D eigenvalue weighted by molar-refractivity contribution is 5.76. The predicted octanol–water partition coefficient (Wildman–Crippen LogP) is 9.39. The fraction of sp³-hybridized carbons (Fsp3) is 0.814. The molecule has 12 atom stereocenters. The number of carbonyl (C=O) groups is 1. The van der Waals surface area contributed by atoms with Gasteiger partial charge in [0.1, 0.15) is 48.8 Å². The van der Waals surface area contributed by atoms with Crippen molar-refractivity contribution in [3.05, 3.63) is 60.8 Å². The molecule has 1 amide bonds. The van der Waals surface area contributed by atoms with Crippen LogP contribution in [-0.4, -0.2) is 140 Å². The van der Waals surface area contributed by atoms with E-state index >= 15 is 0 Å². The van der Waals surface area contributed by atoms with Gasteiger partial charge in [0.05, 0.1) is 32.0 Å². The van der Waals surface area contributed by atoms with Gasteiger partial charge in [-0.05, 0) is 57.8 Å². The van der Waals surface area contributed by atoms with Gasteiger partial charge in [-0.2, -0.15) is 0 Å². The van der Waals surface area contributed by atoms with Crippen LogP contribution in [0.3, 0.4) is 0 Å². The van der Waals surface area contributed by atoms with Crippen molar-refractivity contribution in [2.75, 3.05) is 19.8 Å². The number of carbonyl (C=O) groups excluding carboxylic acids is 1. The lowest BCUT2D eigenvalue weighted by atomic mass is 9.97. The molecular formula is C59H105NO13. The van der Waals surface area contributed by atoms with Crippen LogP contribution in [0, 0.1) is 0 Å². The number of amides is 1. The van der Waals surface area contributed by atoms with E-state index in [2.05, 4.69) is 79.9 Å². The molecule has 0 saturated carbocycles. The molecule has 424 valence electrons. The zero-order valence-corrected chi connectivity index (χ0v) is 45.4. The van der Waals surface area contributed by atoms with Crippen LogP contribution in [0.5, 0.6) is 0 Å². The summed E-state index contributed by atoms with van der Waals surface area (Å²) in [6, 6.07) is -0.838. The van der Waals surface area contributed by atoms with Crippen molar-refractivity contribution >= 4 is 5.91 Å². The minimum atomic E-state index is -1.79. The van der Waals surface area contributed by atoms with Gasteiger partial charge in [-0.1, -0.05) is 209 Å². The molecule has 0 aromatic carbocycles. The third-order valence-electron chi connectivity index (χ3n) is 14.0. The van der Waals surface area contributed by atoms with Crippen molar-refractivity contribution in [3.8, 4) is 0 Å². The smallest absolute Gasteiger partial charge is 0.220 e. The Hall–Kier alpha value is -2.31. The average Bonchev–Trinajstić information content (AvgIpc) is 3.39. The summed E-state index contributed by atoms with van der Waals surface area (Å²) in [7, 11) is 0. The van der Waals surface area contributed by atoms with Crippen LogP contribution < -0.4 is 5.32 Å². The highest BCUT2D eigenvalue weighted by atomic mass is 16.7. The molecule has 2 heterocycles. The molecule has 0 bridgehead atoms. The molecule has 2 aliphatic rings. The molecule has 9 N–H and O–H groups in total. The molecule has 0 aliphatic carbocycles. The van der Waals surface area contributed by atoms with Crippen LogP contribution in [0.1, 0.15) is 213 Å². The van der Waals surface area contributed by atoms with Crippen molar-refractivity contribution in [2.24, 2.45) is 0 Å². The van der Waals surface area contributed by atoms with E-state index < -0.39 is 86.8 Å². The summed E-state index contributed by atoms with van der Waals surface area (Å²) >= 11 is 0. The molecule has 14 nitrogen and oxygen atoms in total. The minimum Gasteiger partial charge on any atom is -0.394 e. The van der Waals surface area contributed by atoms with Gasteiger partial charge >= 0.3 is 0 Å². The summed E-state index contributed by atoms with van der Waals surface area (Å²) in [4.78, 5) is 13.3. The van der Waals surface area contributed by atoms with Gasteiger partial charge in [-0.25, -0.2) is 0 Å². The molecule has 2 rings (SSSR count). The Morgan fingerprint density at radius 1 is 0.507 bits per heavy atom. The van der Waals surface area contributed by atoms with Crippen LogP contribution in [0.25, 0.3) is 0 Å². The summed E-state index contributed by atoms with van der Waals surface area (Å²) in [5.41, 5.74) is 0. The molecule has 0 aromatic rings. The molecule has 2 saturated heterocycles. The Morgan fingerprint density at radius 3 is 1.45 bits per heavy atom. The molecule has 0 radical (unpaired) electrons. The molecule has 12 unspecified atom stereocenters. The maximum absolute atomic E-state index is 13.3. The summed E-state index contributed by atoms with van der Waals surface area (Å²) in [5.74, 6) is -0.219. The molecule has 2 aliphatic heterocycles. The number of allylic oxidation sites excluding steroid dienone is 10. The average molecular weight is 1040 g/mol. The standard InChI is InChI=1S/C59H105NO13/c1-3-5-7-9-11-13-15-17-19-21-22-23-24-25-26-27-29-31-33-35-37-39-41-43-51(64)60-47(48(63)42-40-38-36-34-32-30-28-20-18-16-14-12-10-8-6-4-2)46-70-58-56(69)54(67)57(50(45-62)72-58)73-59-55(68)53(66)52(65)49(44-61)71-59/h5,7,11,13,17,19,22-23,25-26,47-50,52-59,61-63,65-69H,3-4,6,8-10,12,14-16,18,20-21,24,27-46H2,1-2H3,(H,60,64)/b7-5-,13-11-,19-17-,23-22-,26-25-. The summed E-state index contributed by atoms with van der Waals surface area (Å²) in [6.45, 7) is 2.74. The topological polar surface area (TPSA) is 228 Å². The first kappa shape index (κ1) is 66.8. The maximum atomic E-state index is 13.3. The first-order valence-corrected chi connectivity index (χ1v) is 29.0. The number of hydrogen-bond acceptors (Lipinski definition) is 13. The Kier molecular flexibility index (Phi) is 41.0. The summed E-state index contributed by atoms with van der Waals surface area (Å²) in [5, 5.41) is 87.2. The van der Waals surface area contributed by atoms with E-state index in [4.69, 9.17) is 18.9 Å². The second kappa shape index (κ2) is 44.8. The lowest BCUT2D eigenvalue weighted by Crippen LogP contribution is -2.65. The molecule has 73 heavy (non-hydrogen) atoms. The number of rotatable bonds is 45. The van der Waals surface area contributed by atoms with Crippen molar-refractivity contribution in [1.29, 1.82) is 0 Å². The Balaban J connectivity index is 1.77. The molecule has 0 spiro atoms. The van der Waals surface area contributed by atoms with Gasteiger partial charge in [-0.15, -0.1) is 0 Å². The van der Waals surface area contributed by atoms with Gasteiger partial charge in [0.15, 0.2) is 12.6 Å². The molecule has 2 fully saturated rings. The number of hydrogen-bond donors (Lipinski definition) is 9. The van der Waals surface area contributed by atoms with E-state index in [0.29, 0.717) is 12.8 Å². The number of unbranched alkanes of at least 4 members (excludes halogenated alkanes) is 22. The van der Waals surface area contributed by atoms with Gasteiger partial charge < -0.3 is 65.1 Å². The monoisotopic (exact) mass is 1040 g/mol. The third-order valence-corrected chi connectivity index (χ3v) is 14.0. The SMILES string of the molecule is CC/C=C\C/C=C\C/C=C\C/C=C\C/C=C\CCCCCCCCCC(=O)NC(COC1OC(CO)C(OC2OC(CO)C(O)C(O)C2O)C(O)C1O)C(O)CCCCCCCCCCCCCCCCCC. The van der Waals surface area contributed by atoms with E-state index in [1.54, 1.807) is 0 Å². The van der Waals surface area contributed by atoms with Crippen LogP contribution >= 0.6 is 0 Å². The second-order valence-electron chi connectivity index (χ2n) is 20.4. The largest absolute Gasteiger partial charge is 0.394 e. The van der Waals surface area contributed by atoms with Gasteiger partial charge in [-0.3, -0.25) is 4.79 Å². The summed E-state index contributed by atoms with van der Waals surface area (Å²) < 4.78 is 22.8. The second-order valence-corrected chi connectivity index (χ2v) is 20.4. The summed E-state index contributed by atoms with van der Waals surface area (Å²) in [6.07, 6.45) is 39.2. The highest BCUT2D eigenvalue weighted by Crippen LogP contribution is 2.30. The Labute approximate surface area is 441 Å². The predicted molar refractivity (Wildman–Crippen MR) is 290 cm³/mol. The zero-order chi connectivity index (χ0) is 53.2. The van der Waals surface area contributed by atoms with Crippen LogP contribution in [0.2, 0.25) is 0 Å². The Morgan fingerprint density at radius 2 is 0.945 bits per heavy atom. The van der Waals surface area contributed by atoms with Crippen LogP contribution in [-0.2, 0) is 23.7 Å². The van der Waals surface area contributed by atoms with Crippen molar-refractivity contribution in [3.63, 3.8) is 0 Å². The molecular weight excluding hydrogens is 931 g/mol. The van der Waals surface area contributed by atoms with E-state index in [0.717, 1.165) is 96.3 Å². The quantitative estimate of drug-likeness (QED) is 0.0205. The van der Waals surface area contributed by atoms with E-state index in [1.165, 1.54) is 83.5 Å². The van der Waals surface area contributed by atoms with Crippen LogP contribution in [0.4, 0.5) is 0 Å². The van der Waals surface area contributed by atoms with Gasteiger partial charge in [0.25, 0.3) is 0 Å². The zero-order valence-electron chi connectivity index (χ0n) is 45.4. The van der Waals surface area contributed by atoms with Gasteiger partial charge in [0.2, 0.25) is 5.91 Å². The first-order chi connectivity index (χ1) is 35.6. The van der Waals surface area contributed by atoms with E-state index in [1.807, 2.05) is 0 Å². The number of nitrogens with one attached hydrogen (secondary N) is 1.